The summed E-state index contributed by atoms with van der Waals surface area (Å²) in [4.78, 5) is 20.2. The van der Waals surface area contributed by atoms with E-state index in [0.717, 1.165) is 28.3 Å². The summed E-state index contributed by atoms with van der Waals surface area (Å²) in [7, 11) is 0. The molecule has 0 aliphatic heterocycles. The number of fused-ring (bicyclic) bond motifs is 1. The molecule has 0 amide bonds. The van der Waals surface area contributed by atoms with Crippen LogP contribution in [0.2, 0.25) is 0 Å². The van der Waals surface area contributed by atoms with E-state index in [1.807, 2.05) is 19.9 Å². The molecule has 0 aromatic carbocycles. The number of carbonyl (C=O) groups is 1. The van der Waals surface area contributed by atoms with Gasteiger partial charge in [-0.1, -0.05) is 0 Å². The summed E-state index contributed by atoms with van der Waals surface area (Å²) in [6.07, 6.45) is 3.49. The molecule has 0 saturated carbocycles. The fourth-order valence-electron chi connectivity index (χ4n) is 2.74. The number of nitrogens with zero attached hydrogens (tertiary/aromatic N) is 2. The van der Waals surface area contributed by atoms with E-state index in [-0.39, 0.29) is 5.92 Å². The van der Waals surface area contributed by atoms with Crippen molar-refractivity contribution in [3.63, 3.8) is 0 Å². The third-order valence-electron chi connectivity index (χ3n) is 3.93. The van der Waals surface area contributed by atoms with Gasteiger partial charge in [0.25, 0.3) is 0 Å². The molecule has 1 N–H and O–H groups in total. The maximum absolute atomic E-state index is 11.1. The molecular formula is C15H16N2O3. The highest BCUT2D eigenvalue weighted by atomic mass is 16.4. The van der Waals surface area contributed by atoms with Crippen molar-refractivity contribution in [1.29, 1.82) is 0 Å². The second-order valence-electron chi connectivity index (χ2n) is 5.23. The highest BCUT2D eigenvalue weighted by Crippen LogP contribution is 2.29. The van der Waals surface area contributed by atoms with Crippen LogP contribution in [-0.4, -0.2) is 21.0 Å². The van der Waals surface area contributed by atoms with Gasteiger partial charge in [-0.3, -0.25) is 4.79 Å². The molecule has 1 atom stereocenters. The van der Waals surface area contributed by atoms with Gasteiger partial charge in [-0.05, 0) is 44.7 Å². The first kappa shape index (κ1) is 12.8. The van der Waals surface area contributed by atoms with E-state index >= 15 is 0 Å². The summed E-state index contributed by atoms with van der Waals surface area (Å²) in [6, 6.07) is 1.86. The molecule has 1 unspecified atom stereocenters. The van der Waals surface area contributed by atoms with Crippen molar-refractivity contribution in [2.75, 3.05) is 0 Å². The summed E-state index contributed by atoms with van der Waals surface area (Å²) in [5.41, 5.74) is 3.74. The Kier molecular flexibility index (Phi) is 3.04. The molecule has 20 heavy (non-hydrogen) atoms. The number of aromatic nitrogens is 2. The van der Waals surface area contributed by atoms with Crippen LogP contribution < -0.4 is 0 Å². The lowest BCUT2D eigenvalue weighted by Crippen LogP contribution is -2.24. The Hall–Kier alpha value is -2.17. The SMILES string of the molecule is Cc1nc(-c2ccoc2C)nc2c1CC(C(=O)O)CC2. The molecule has 0 spiro atoms. The molecule has 5 heteroatoms. The Labute approximate surface area is 116 Å². The van der Waals surface area contributed by atoms with E-state index in [4.69, 9.17) is 9.52 Å². The highest BCUT2D eigenvalue weighted by molar-refractivity contribution is 5.71. The van der Waals surface area contributed by atoms with Gasteiger partial charge in [-0.25, -0.2) is 9.97 Å². The van der Waals surface area contributed by atoms with Crippen LogP contribution in [-0.2, 0) is 17.6 Å². The van der Waals surface area contributed by atoms with Gasteiger partial charge in [0.1, 0.15) is 5.76 Å². The number of carboxylic acid groups (broad SMARTS) is 1. The first-order valence-electron chi connectivity index (χ1n) is 6.70. The van der Waals surface area contributed by atoms with Crippen LogP contribution in [0.4, 0.5) is 0 Å². The number of aliphatic carboxylic acids is 1. The van der Waals surface area contributed by atoms with Crippen molar-refractivity contribution >= 4 is 5.97 Å². The Morgan fingerprint density at radius 1 is 1.40 bits per heavy atom. The van der Waals surface area contributed by atoms with Crippen LogP contribution in [0.3, 0.4) is 0 Å². The zero-order chi connectivity index (χ0) is 14.3. The van der Waals surface area contributed by atoms with Crippen LogP contribution in [0.1, 0.15) is 29.1 Å². The molecule has 1 aliphatic carbocycles. The molecule has 2 heterocycles. The van der Waals surface area contributed by atoms with E-state index in [1.165, 1.54) is 0 Å². The van der Waals surface area contributed by atoms with Gasteiger partial charge in [0.2, 0.25) is 0 Å². The molecular weight excluding hydrogens is 256 g/mol. The summed E-state index contributed by atoms with van der Waals surface area (Å²) in [6.45, 7) is 3.80. The van der Waals surface area contributed by atoms with Crippen molar-refractivity contribution in [2.45, 2.75) is 33.1 Å². The van der Waals surface area contributed by atoms with Crippen molar-refractivity contribution < 1.29 is 14.3 Å². The minimum Gasteiger partial charge on any atom is -0.481 e. The second kappa shape index (κ2) is 4.74. The van der Waals surface area contributed by atoms with Crippen molar-refractivity contribution in [3.05, 3.63) is 35.0 Å². The summed E-state index contributed by atoms with van der Waals surface area (Å²) < 4.78 is 5.29. The summed E-state index contributed by atoms with van der Waals surface area (Å²) in [5, 5.41) is 9.14. The maximum Gasteiger partial charge on any atom is 0.306 e. The van der Waals surface area contributed by atoms with Crippen molar-refractivity contribution in [3.8, 4) is 11.4 Å². The lowest BCUT2D eigenvalue weighted by atomic mass is 9.86. The number of rotatable bonds is 2. The molecule has 5 nitrogen and oxygen atoms in total. The average molecular weight is 272 g/mol. The number of hydrogen-bond donors (Lipinski definition) is 1. The quantitative estimate of drug-likeness (QED) is 0.909. The number of furan rings is 1. The number of hydrogen-bond acceptors (Lipinski definition) is 4. The summed E-state index contributed by atoms with van der Waals surface area (Å²) in [5.74, 6) is 0.418. The van der Waals surface area contributed by atoms with Crippen LogP contribution >= 0.6 is 0 Å². The van der Waals surface area contributed by atoms with Crippen molar-refractivity contribution in [2.24, 2.45) is 5.92 Å². The Balaban J connectivity index is 2.03. The normalized spacial score (nSPS) is 17.8. The molecule has 2 aromatic heterocycles. The Morgan fingerprint density at radius 2 is 2.20 bits per heavy atom. The molecule has 1 aliphatic rings. The lowest BCUT2D eigenvalue weighted by molar-refractivity contribution is -0.142. The fraction of sp³-hybridized carbons (Fsp3) is 0.400. The highest BCUT2D eigenvalue weighted by Gasteiger charge is 2.27. The minimum atomic E-state index is -0.732. The molecule has 3 rings (SSSR count). The van der Waals surface area contributed by atoms with Gasteiger partial charge in [0.15, 0.2) is 5.82 Å². The topological polar surface area (TPSA) is 76.2 Å². The van der Waals surface area contributed by atoms with Gasteiger partial charge in [0, 0.05) is 11.4 Å². The minimum absolute atomic E-state index is 0.314. The molecule has 2 aromatic rings. The predicted octanol–water partition coefficient (Wildman–Crippen LogP) is 2.54. The van der Waals surface area contributed by atoms with E-state index < -0.39 is 5.97 Å². The third-order valence-corrected chi connectivity index (χ3v) is 3.93. The van der Waals surface area contributed by atoms with Gasteiger partial charge < -0.3 is 9.52 Å². The average Bonchev–Trinajstić information content (AvgIpc) is 2.84. The second-order valence-corrected chi connectivity index (χ2v) is 5.23. The van der Waals surface area contributed by atoms with Gasteiger partial charge in [0.05, 0.1) is 17.7 Å². The Morgan fingerprint density at radius 3 is 2.85 bits per heavy atom. The third kappa shape index (κ3) is 2.09. The van der Waals surface area contributed by atoms with Crippen LogP contribution in [0.15, 0.2) is 16.7 Å². The predicted molar refractivity (Wildman–Crippen MR) is 72.4 cm³/mol. The van der Waals surface area contributed by atoms with Gasteiger partial charge in [-0.2, -0.15) is 0 Å². The lowest BCUT2D eigenvalue weighted by Gasteiger charge is -2.22. The van der Waals surface area contributed by atoms with Crippen LogP contribution in [0.25, 0.3) is 11.4 Å². The first-order valence-corrected chi connectivity index (χ1v) is 6.70. The molecule has 104 valence electrons. The van der Waals surface area contributed by atoms with Crippen LogP contribution in [0.5, 0.6) is 0 Å². The maximum atomic E-state index is 11.1. The van der Waals surface area contributed by atoms with Gasteiger partial charge in [-0.15, -0.1) is 0 Å². The largest absolute Gasteiger partial charge is 0.481 e. The van der Waals surface area contributed by atoms with E-state index in [1.54, 1.807) is 6.26 Å². The smallest absolute Gasteiger partial charge is 0.306 e. The number of carboxylic acids is 1. The monoisotopic (exact) mass is 272 g/mol. The Bertz CT molecular complexity index is 676. The molecule has 0 radical (unpaired) electrons. The van der Waals surface area contributed by atoms with Crippen molar-refractivity contribution in [1.82, 2.24) is 9.97 Å². The molecule has 0 fully saturated rings. The summed E-state index contributed by atoms with van der Waals surface area (Å²) >= 11 is 0. The van der Waals surface area contributed by atoms with Gasteiger partial charge >= 0.3 is 5.97 Å². The molecule has 0 bridgehead atoms. The van der Waals surface area contributed by atoms with E-state index in [9.17, 15) is 4.79 Å². The standard InChI is InChI=1S/C15H16N2O3/c1-8-12-7-10(15(18)19)3-4-13(12)17-14(16-8)11-5-6-20-9(11)2/h5-6,10H,3-4,7H2,1-2H3,(H,18,19). The zero-order valence-electron chi connectivity index (χ0n) is 11.5. The number of aryl methyl sites for hydroxylation is 3. The van der Waals surface area contributed by atoms with E-state index in [0.29, 0.717) is 25.1 Å². The van der Waals surface area contributed by atoms with Crippen LogP contribution in [0, 0.1) is 19.8 Å². The zero-order valence-corrected chi connectivity index (χ0v) is 11.5. The first-order chi connectivity index (χ1) is 9.56. The van der Waals surface area contributed by atoms with E-state index in [2.05, 4.69) is 9.97 Å². The molecule has 0 saturated heterocycles. The fourth-order valence-corrected chi connectivity index (χ4v) is 2.74.